The van der Waals surface area contributed by atoms with Gasteiger partial charge in [0.1, 0.15) is 22.3 Å². The molecule has 1 saturated heterocycles. The molecule has 1 fully saturated rings. The molecule has 5 nitrogen and oxygen atoms in total. The molecule has 244 valence electrons. The van der Waals surface area contributed by atoms with Crippen molar-refractivity contribution in [3.63, 3.8) is 0 Å². The molecular weight excluding hydrogens is 647 g/mol. The van der Waals surface area contributed by atoms with E-state index >= 15 is 0 Å². The third kappa shape index (κ3) is 4.65. The molecule has 3 N–H and O–H groups in total. The Morgan fingerprint density at radius 1 is 0.412 bits per heavy atom. The third-order valence-corrected chi connectivity index (χ3v) is 11.7. The van der Waals surface area contributed by atoms with Crippen LogP contribution < -0.4 is 16.0 Å². The molecule has 0 amide bonds. The van der Waals surface area contributed by atoms with Crippen molar-refractivity contribution in [3.8, 4) is 11.1 Å². The number of rotatable bonds is 4. The van der Waals surface area contributed by atoms with Crippen LogP contribution in [-0.2, 0) is 0 Å². The van der Waals surface area contributed by atoms with Gasteiger partial charge in [0.2, 0.25) is 0 Å². The summed E-state index contributed by atoms with van der Waals surface area (Å²) in [6, 6.07) is 53.7. The maximum Gasteiger partial charge on any atom is 0.141 e. The van der Waals surface area contributed by atoms with Crippen LogP contribution in [0.5, 0.6) is 0 Å². The van der Waals surface area contributed by atoms with Crippen LogP contribution in [-0.4, -0.2) is 0 Å². The van der Waals surface area contributed by atoms with Crippen molar-refractivity contribution >= 4 is 75.4 Å². The minimum absolute atomic E-state index is 0.0905. The minimum Gasteiger partial charge on any atom is -0.456 e. The number of nitrogens with one attached hydrogen (secondary N) is 3. The lowest BCUT2D eigenvalue weighted by Gasteiger charge is -2.39. The first-order valence-corrected chi connectivity index (χ1v) is 18.2. The van der Waals surface area contributed by atoms with Gasteiger partial charge in [-0.15, -0.1) is 11.3 Å². The summed E-state index contributed by atoms with van der Waals surface area (Å²) < 4.78 is 15.4. The molecule has 7 aromatic carbocycles. The van der Waals surface area contributed by atoms with Gasteiger partial charge in [-0.2, -0.15) is 0 Å². The highest BCUT2D eigenvalue weighted by atomic mass is 32.1. The predicted molar refractivity (Wildman–Crippen MR) is 210 cm³/mol. The van der Waals surface area contributed by atoms with E-state index in [0.717, 1.165) is 60.6 Å². The molecule has 1 aliphatic heterocycles. The Morgan fingerprint density at radius 3 is 1.82 bits per heavy atom. The highest BCUT2D eigenvalue weighted by Crippen LogP contribution is 2.41. The van der Waals surface area contributed by atoms with Crippen molar-refractivity contribution < 1.29 is 8.83 Å². The largest absolute Gasteiger partial charge is 0.456 e. The van der Waals surface area contributed by atoms with Crippen molar-refractivity contribution in [3.05, 3.63) is 168 Å². The zero-order valence-electron chi connectivity index (χ0n) is 27.4. The van der Waals surface area contributed by atoms with E-state index in [4.69, 9.17) is 8.83 Å². The fourth-order valence-electron chi connectivity index (χ4n) is 7.97. The van der Waals surface area contributed by atoms with Gasteiger partial charge in [-0.25, -0.2) is 0 Å². The Bertz CT molecular complexity index is 2940. The molecule has 3 aromatic heterocycles. The molecule has 0 saturated carbocycles. The molecule has 3 unspecified atom stereocenters. The Hall–Kier alpha value is -5.76. The zero-order chi connectivity index (χ0) is 33.5. The van der Waals surface area contributed by atoms with Gasteiger partial charge < -0.3 is 8.83 Å². The van der Waals surface area contributed by atoms with Crippen molar-refractivity contribution in [1.82, 2.24) is 16.0 Å². The van der Waals surface area contributed by atoms with E-state index < -0.39 is 0 Å². The number of hydrogen-bond acceptors (Lipinski definition) is 6. The second-order valence-corrected chi connectivity index (χ2v) is 14.4. The number of para-hydroxylation sites is 2. The fraction of sp³-hybridized carbons (Fsp3) is 0.0667. The summed E-state index contributed by atoms with van der Waals surface area (Å²) in [6.45, 7) is 0. The first-order valence-electron chi connectivity index (χ1n) is 17.4. The summed E-state index contributed by atoms with van der Waals surface area (Å²) in [7, 11) is 0. The molecule has 0 bridgehead atoms. The number of furan rings is 2. The van der Waals surface area contributed by atoms with E-state index in [1.807, 2.05) is 23.5 Å². The number of fused-ring (bicyclic) bond motifs is 9. The number of hydrogen-bond donors (Lipinski definition) is 3. The molecule has 3 atom stereocenters. The molecule has 4 heterocycles. The summed E-state index contributed by atoms with van der Waals surface area (Å²) in [6.07, 6.45) is -0.391. The van der Waals surface area contributed by atoms with Crippen LogP contribution in [0.2, 0.25) is 0 Å². The van der Waals surface area contributed by atoms with Gasteiger partial charge in [0, 0.05) is 52.8 Å². The standard InChI is InChI=1S/C45H31N3O2S/c1-2-10-26(11-3-1)43-46-44(48-45(47-43)34-17-9-15-32-30-13-5-7-19-40(30)51-42(32)34)33-16-8-14-31-36-25-28(21-23-39(36)50-41(31)33)27-20-22-38-35(24-27)29-12-4-6-18-37(29)49-38/h1-25,43-48H. The monoisotopic (exact) mass is 677 g/mol. The maximum atomic E-state index is 6.72. The van der Waals surface area contributed by atoms with Gasteiger partial charge in [0.15, 0.2) is 0 Å². The lowest BCUT2D eigenvalue weighted by molar-refractivity contribution is 0.204. The average molecular weight is 678 g/mol. The Labute approximate surface area is 297 Å². The van der Waals surface area contributed by atoms with Crippen molar-refractivity contribution in [2.75, 3.05) is 0 Å². The second kappa shape index (κ2) is 11.4. The number of benzene rings is 7. The first kappa shape index (κ1) is 29.0. The van der Waals surface area contributed by atoms with Crippen LogP contribution in [0.1, 0.15) is 35.2 Å². The summed E-state index contributed by atoms with van der Waals surface area (Å²) in [5.41, 5.74) is 9.35. The average Bonchev–Trinajstić information content (AvgIpc) is 3.89. The van der Waals surface area contributed by atoms with Gasteiger partial charge in [0.25, 0.3) is 0 Å². The van der Waals surface area contributed by atoms with E-state index in [1.54, 1.807) is 0 Å². The topological polar surface area (TPSA) is 62.4 Å². The molecule has 0 aliphatic carbocycles. The number of thiophene rings is 1. The maximum absolute atomic E-state index is 6.72. The molecule has 10 aromatic rings. The Balaban J connectivity index is 1.02. The molecule has 1 aliphatic rings. The van der Waals surface area contributed by atoms with Gasteiger partial charge in [-0.3, -0.25) is 16.0 Å². The van der Waals surface area contributed by atoms with E-state index in [0.29, 0.717) is 0 Å². The van der Waals surface area contributed by atoms with E-state index in [-0.39, 0.29) is 18.5 Å². The molecule has 0 radical (unpaired) electrons. The Morgan fingerprint density at radius 2 is 1.00 bits per heavy atom. The quantitative estimate of drug-likeness (QED) is 0.173. The van der Waals surface area contributed by atoms with Crippen LogP contribution in [0.3, 0.4) is 0 Å². The SMILES string of the molecule is c1ccc(C2NC(c3cccc4c3oc3ccc(-c5ccc6oc7ccccc7c6c5)cc34)NC(c3cccc4c3sc3ccccc34)N2)cc1. The van der Waals surface area contributed by atoms with E-state index in [1.165, 1.54) is 31.3 Å². The third-order valence-electron chi connectivity index (χ3n) is 10.4. The van der Waals surface area contributed by atoms with Crippen molar-refractivity contribution in [1.29, 1.82) is 0 Å². The zero-order valence-corrected chi connectivity index (χ0v) is 28.2. The van der Waals surface area contributed by atoms with Crippen molar-refractivity contribution in [2.45, 2.75) is 18.5 Å². The van der Waals surface area contributed by atoms with Gasteiger partial charge in [-0.05, 0) is 53.1 Å². The van der Waals surface area contributed by atoms with Crippen LogP contribution in [0.25, 0.3) is 75.2 Å². The molecule has 11 rings (SSSR count). The smallest absolute Gasteiger partial charge is 0.141 e. The van der Waals surface area contributed by atoms with E-state index in [2.05, 4.69) is 155 Å². The van der Waals surface area contributed by atoms with Crippen molar-refractivity contribution in [2.24, 2.45) is 0 Å². The van der Waals surface area contributed by atoms with Gasteiger partial charge in [-0.1, -0.05) is 115 Å². The molecule has 6 heteroatoms. The highest BCUT2D eigenvalue weighted by molar-refractivity contribution is 7.26. The lowest BCUT2D eigenvalue weighted by Crippen LogP contribution is -2.54. The highest BCUT2D eigenvalue weighted by Gasteiger charge is 2.32. The fourth-order valence-corrected chi connectivity index (χ4v) is 9.22. The first-order chi connectivity index (χ1) is 25.2. The summed E-state index contributed by atoms with van der Waals surface area (Å²) in [5, 5.41) is 18.7. The predicted octanol–water partition coefficient (Wildman–Crippen LogP) is 11.7. The summed E-state index contributed by atoms with van der Waals surface area (Å²) in [5.74, 6) is 0. The molecule has 0 spiro atoms. The molecular formula is C45H31N3O2S. The second-order valence-electron chi connectivity index (χ2n) is 13.4. The normalized spacial score (nSPS) is 18.2. The summed E-state index contributed by atoms with van der Waals surface area (Å²) in [4.78, 5) is 0. The van der Waals surface area contributed by atoms with Gasteiger partial charge >= 0.3 is 0 Å². The van der Waals surface area contributed by atoms with Gasteiger partial charge in [0.05, 0.1) is 18.5 Å². The lowest BCUT2D eigenvalue weighted by atomic mass is 9.99. The Kier molecular flexibility index (Phi) is 6.48. The molecule has 51 heavy (non-hydrogen) atoms. The van der Waals surface area contributed by atoms with Crippen LogP contribution in [0.15, 0.2) is 160 Å². The summed E-state index contributed by atoms with van der Waals surface area (Å²) >= 11 is 1.86. The van der Waals surface area contributed by atoms with Crippen LogP contribution in [0.4, 0.5) is 0 Å². The minimum atomic E-state index is -0.188. The van der Waals surface area contributed by atoms with Crippen LogP contribution >= 0.6 is 11.3 Å². The van der Waals surface area contributed by atoms with E-state index in [9.17, 15) is 0 Å². The van der Waals surface area contributed by atoms with Crippen LogP contribution in [0, 0.1) is 0 Å².